The summed E-state index contributed by atoms with van der Waals surface area (Å²) in [7, 11) is 1.89. The number of nitrogens with one attached hydrogen (secondary N) is 1. The summed E-state index contributed by atoms with van der Waals surface area (Å²) in [4.78, 5) is 2.26. The van der Waals surface area contributed by atoms with E-state index in [0.717, 1.165) is 11.3 Å². The highest BCUT2D eigenvalue weighted by Crippen LogP contribution is 2.32. The van der Waals surface area contributed by atoms with Crippen molar-refractivity contribution in [1.82, 2.24) is 5.32 Å². The predicted molar refractivity (Wildman–Crippen MR) is 86.9 cm³/mol. The second-order valence-electron chi connectivity index (χ2n) is 5.96. The van der Waals surface area contributed by atoms with E-state index < -0.39 is 0 Å². The van der Waals surface area contributed by atoms with Crippen LogP contribution < -0.4 is 10.2 Å². The molecule has 1 aromatic carbocycles. The van der Waals surface area contributed by atoms with Gasteiger partial charge in [-0.05, 0) is 32.9 Å². The first-order valence-corrected chi connectivity index (χ1v) is 8.05. The first kappa shape index (κ1) is 16.1. The van der Waals surface area contributed by atoms with Gasteiger partial charge in [0, 0.05) is 35.9 Å². The number of rotatable bonds is 6. The Bertz CT molecular complexity index is 444. The zero-order chi connectivity index (χ0) is 15.2. The van der Waals surface area contributed by atoms with Crippen LogP contribution in [0.5, 0.6) is 5.75 Å². The number of hydrogen-bond acceptors (Lipinski definition) is 4. The lowest BCUT2D eigenvalue weighted by molar-refractivity contribution is 0.290. The number of benzene rings is 1. The first-order valence-electron chi connectivity index (χ1n) is 8.05. The Balaban J connectivity index is 2.21. The van der Waals surface area contributed by atoms with Crippen molar-refractivity contribution < 1.29 is 10.2 Å². The van der Waals surface area contributed by atoms with Gasteiger partial charge in [0.05, 0.1) is 6.61 Å². The molecule has 3 N–H and O–H groups in total. The lowest BCUT2D eigenvalue weighted by Gasteiger charge is -2.36. The van der Waals surface area contributed by atoms with Crippen LogP contribution in [0.4, 0.5) is 5.69 Å². The molecule has 0 radical (unpaired) electrons. The average molecular weight is 292 g/mol. The number of hydrogen-bond donors (Lipinski definition) is 3. The van der Waals surface area contributed by atoms with Gasteiger partial charge >= 0.3 is 0 Å². The highest BCUT2D eigenvalue weighted by atomic mass is 16.3. The van der Waals surface area contributed by atoms with Crippen LogP contribution in [0, 0.1) is 0 Å². The summed E-state index contributed by atoms with van der Waals surface area (Å²) < 4.78 is 0. The fourth-order valence-electron chi connectivity index (χ4n) is 3.26. The van der Waals surface area contributed by atoms with Crippen LogP contribution >= 0.6 is 0 Å². The Morgan fingerprint density at radius 2 is 2.00 bits per heavy atom. The summed E-state index contributed by atoms with van der Waals surface area (Å²) in [6, 6.07) is 6.50. The van der Waals surface area contributed by atoms with Crippen LogP contribution in [-0.4, -0.2) is 36.5 Å². The van der Waals surface area contributed by atoms with E-state index >= 15 is 0 Å². The van der Waals surface area contributed by atoms with Crippen molar-refractivity contribution in [2.45, 2.75) is 51.1 Å². The second kappa shape index (κ2) is 7.66. The third-order valence-corrected chi connectivity index (χ3v) is 4.60. The summed E-state index contributed by atoms with van der Waals surface area (Å²) >= 11 is 0. The van der Waals surface area contributed by atoms with Gasteiger partial charge in [-0.2, -0.15) is 0 Å². The summed E-state index contributed by atoms with van der Waals surface area (Å²) in [5.74, 6) is 0.327. The molecule has 0 aromatic heterocycles. The smallest absolute Gasteiger partial charge is 0.122 e. The zero-order valence-corrected chi connectivity index (χ0v) is 13.2. The quantitative estimate of drug-likeness (QED) is 0.754. The van der Waals surface area contributed by atoms with Crippen molar-refractivity contribution in [3.05, 3.63) is 23.8 Å². The van der Waals surface area contributed by atoms with Gasteiger partial charge in [0.1, 0.15) is 5.75 Å². The molecule has 1 aliphatic rings. The van der Waals surface area contributed by atoms with E-state index in [1.165, 1.54) is 32.1 Å². The van der Waals surface area contributed by atoms with Gasteiger partial charge in [0.25, 0.3) is 0 Å². The number of anilines is 1. The molecular weight excluding hydrogens is 264 g/mol. The molecule has 1 atom stereocenters. The molecule has 0 saturated heterocycles. The molecule has 0 spiro atoms. The van der Waals surface area contributed by atoms with Crippen molar-refractivity contribution in [2.24, 2.45) is 0 Å². The Labute approximate surface area is 127 Å². The van der Waals surface area contributed by atoms with Crippen LogP contribution in [0.2, 0.25) is 0 Å². The molecule has 0 bridgehead atoms. The normalized spacial score (nSPS) is 17.7. The lowest BCUT2D eigenvalue weighted by atomic mass is 9.93. The maximum absolute atomic E-state index is 10.3. The maximum Gasteiger partial charge on any atom is 0.122 e. The standard InChI is InChI=1S/C17H28N2O2/c1-13(18-2)16-9-8-15(12-17(16)21)19(10-11-20)14-6-4-3-5-7-14/h8-9,12-14,18,20-21H,3-7,10-11H2,1-2H3. The SMILES string of the molecule is CNC(C)c1ccc(N(CCO)C2CCCCC2)cc1O. The lowest BCUT2D eigenvalue weighted by Crippen LogP contribution is -2.38. The number of phenols is 1. The second-order valence-corrected chi connectivity index (χ2v) is 5.96. The topological polar surface area (TPSA) is 55.7 Å². The van der Waals surface area contributed by atoms with E-state index in [9.17, 15) is 10.2 Å². The molecule has 1 unspecified atom stereocenters. The molecule has 1 fully saturated rings. The molecule has 1 aromatic rings. The van der Waals surface area contributed by atoms with E-state index in [0.29, 0.717) is 18.3 Å². The van der Waals surface area contributed by atoms with E-state index in [-0.39, 0.29) is 12.6 Å². The molecule has 21 heavy (non-hydrogen) atoms. The monoisotopic (exact) mass is 292 g/mol. The van der Waals surface area contributed by atoms with Crippen molar-refractivity contribution in [3.8, 4) is 5.75 Å². The fraction of sp³-hybridized carbons (Fsp3) is 0.647. The predicted octanol–water partition coefficient (Wildman–Crippen LogP) is 2.80. The van der Waals surface area contributed by atoms with E-state index in [1.54, 1.807) is 0 Å². The van der Waals surface area contributed by atoms with Gasteiger partial charge in [-0.1, -0.05) is 25.3 Å². The van der Waals surface area contributed by atoms with E-state index in [4.69, 9.17) is 0 Å². The molecule has 0 heterocycles. The highest BCUT2D eigenvalue weighted by Gasteiger charge is 2.22. The minimum absolute atomic E-state index is 0.125. The van der Waals surface area contributed by atoms with Crippen LogP contribution in [0.15, 0.2) is 18.2 Å². The summed E-state index contributed by atoms with van der Waals surface area (Å²) in [5.41, 5.74) is 1.93. The minimum atomic E-state index is 0.125. The molecule has 1 saturated carbocycles. The third kappa shape index (κ3) is 3.89. The molecule has 0 amide bonds. The number of aromatic hydroxyl groups is 1. The largest absolute Gasteiger partial charge is 0.508 e. The molecular formula is C17H28N2O2. The molecule has 4 nitrogen and oxygen atoms in total. The van der Waals surface area contributed by atoms with Gasteiger partial charge in [0.15, 0.2) is 0 Å². The number of aliphatic hydroxyl groups excluding tert-OH is 1. The summed E-state index contributed by atoms with van der Waals surface area (Å²) in [5, 5.41) is 22.8. The Morgan fingerprint density at radius 3 is 2.57 bits per heavy atom. The number of phenolic OH excluding ortho intramolecular Hbond substituents is 1. The zero-order valence-electron chi connectivity index (χ0n) is 13.2. The number of aliphatic hydroxyl groups is 1. The molecule has 0 aliphatic heterocycles. The first-order chi connectivity index (χ1) is 10.2. The van der Waals surface area contributed by atoms with Gasteiger partial charge in [-0.3, -0.25) is 0 Å². The average Bonchev–Trinajstić information content (AvgIpc) is 2.52. The Morgan fingerprint density at radius 1 is 1.29 bits per heavy atom. The Hall–Kier alpha value is -1.26. The molecule has 2 rings (SSSR count). The van der Waals surface area contributed by atoms with Crippen molar-refractivity contribution in [2.75, 3.05) is 25.1 Å². The fourth-order valence-corrected chi connectivity index (χ4v) is 3.26. The molecule has 4 heteroatoms. The molecule has 1 aliphatic carbocycles. The highest BCUT2D eigenvalue weighted by molar-refractivity contribution is 5.54. The van der Waals surface area contributed by atoms with Gasteiger partial charge in [-0.15, -0.1) is 0 Å². The van der Waals surface area contributed by atoms with Gasteiger partial charge < -0.3 is 20.4 Å². The van der Waals surface area contributed by atoms with Crippen molar-refractivity contribution in [1.29, 1.82) is 0 Å². The van der Waals surface area contributed by atoms with Crippen LogP contribution in [0.1, 0.15) is 50.6 Å². The van der Waals surface area contributed by atoms with E-state index in [2.05, 4.69) is 16.3 Å². The van der Waals surface area contributed by atoms with E-state index in [1.807, 2.05) is 26.1 Å². The summed E-state index contributed by atoms with van der Waals surface area (Å²) in [6.07, 6.45) is 6.18. The maximum atomic E-state index is 10.3. The minimum Gasteiger partial charge on any atom is -0.508 e. The van der Waals surface area contributed by atoms with Gasteiger partial charge in [0.2, 0.25) is 0 Å². The molecule has 118 valence electrons. The Kier molecular flexibility index (Phi) is 5.88. The third-order valence-electron chi connectivity index (χ3n) is 4.60. The van der Waals surface area contributed by atoms with Crippen LogP contribution in [0.3, 0.4) is 0 Å². The number of nitrogens with zero attached hydrogens (tertiary/aromatic N) is 1. The van der Waals surface area contributed by atoms with Gasteiger partial charge in [-0.25, -0.2) is 0 Å². The van der Waals surface area contributed by atoms with Crippen LogP contribution in [0.25, 0.3) is 0 Å². The summed E-state index contributed by atoms with van der Waals surface area (Å²) in [6.45, 7) is 2.80. The van der Waals surface area contributed by atoms with Crippen LogP contribution in [-0.2, 0) is 0 Å². The van der Waals surface area contributed by atoms with Crippen molar-refractivity contribution >= 4 is 5.69 Å². The van der Waals surface area contributed by atoms with Crippen molar-refractivity contribution in [3.63, 3.8) is 0 Å².